The maximum atomic E-state index is 12.7. The molecule has 3 rings (SSSR count). The molecule has 0 aliphatic rings. The second-order valence-corrected chi connectivity index (χ2v) is 6.94. The number of nitrogens with one attached hydrogen (secondary N) is 1. The van der Waals surface area contributed by atoms with Gasteiger partial charge in [0.1, 0.15) is 18.1 Å². The minimum absolute atomic E-state index is 0.134. The number of anilines is 1. The van der Waals surface area contributed by atoms with Gasteiger partial charge in [-0.1, -0.05) is 52.6 Å². The van der Waals surface area contributed by atoms with Crippen LogP contribution >= 0.6 is 23.2 Å². The van der Waals surface area contributed by atoms with Crippen molar-refractivity contribution in [2.75, 3.05) is 5.32 Å². The number of hydrogen-bond acceptors (Lipinski definition) is 4. The molecule has 0 fully saturated rings. The fourth-order valence-electron chi connectivity index (χ4n) is 2.70. The largest absolute Gasteiger partial charge is 0.488 e. The van der Waals surface area contributed by atoms with Gasteiger partial charge in [0, 0.05) is 0 Å². The molecule has 0 atom stereocenters. The molecular formula is C20H18Cl2N2O3. The summed E-state index contributed by atoms with van der Waals surface area (Å²) in [6.07, 6.45) is 0. The van der Waals surface area contributed by atoms with Gasteiger partial charge in [-0.15, -0.1) is 0 Å². The van der Waals surface area contributed by atoms with E-state index in [4.69, 9.17) is 32.5 Å². The molecule has 7 heteroatoms. The molecule has 0 saturated carbocycles. The lowest BCUT2D eigenvalue weighted by molar-refractivity contribution is 0.101. The van der Waals surface area contributed by atoms with Crippen LogP contribution in [0.25, 0.3) is 0 Å². The van der Waals surface area contributed by atoms with Crippen molar-refractivity contribution in [3.05, 3.63) is 74.6 Å². The lowest BCUT2D eigenvalue weighted by atomic mass is 10.1. The average molecular weight is 405 g/mol. The second kappa shape index (κ2) is 8.03. The van der Waals surface area contributed by atoms with E-state index in [1.807, 2.05) is 32.0 Å². The number of carbonyl (C=O) groups excluding carboxylic acids is 1. The third-order valence-electron chi connectivity index (χ3n) is 4.17. The minimum atomic E-state index is -0.470. The molecule has 1 amide bonds. The van der Waals surface area contributed by atoms with Crippen molar-refractivity contribution in [3.63, 3.8) is 0 Å². The minimum Gasteiger partial charge on any atom is -0.488 e. The molecule has 0 aliphatic carbocycles. The smallest absolute Gasteiger partial charge is 0.278 e. The molecule has 27 heavy (non-hydrogen) atoms. The van der Waals surface area contributed by atoms with E-state index in [0.29, 0.717) is 27.1 Å². The predicted molar refractivity (Wildman–Crippen MR) is 106 cm³/mol. The summed E-state index contributed by atoms with van der Waals surface area (Å²) in [6.45, 7) is 5.82. The molecule has 2 aromatic carbocycles. The summed E-state index contributed by atoms with van der Waals surface area (Å²) < 4.78 is 11.2. The standard InChI is InChI=1S/C20H18Cl2N2O3/c1-11-6-4-7-12(2)19(11)26-10-14-13(3)27-24-17(14)20(25)23-18-15(21)8-5-9-16(18)22/h4-9H,10H2,1-3H3,(H,23,25). The number of aromatic nitrogens is 1. The number of hydrogen-bond donors (Lipinski definition) is 1. The number of benzene rings is 2. The van der Waals surface area contributed by atoms with Crippen molar-refractivity contribution in [3.8, 4) is 5.75 Å². The van der Waals surface area contributed by atoms with Gasteiger partial charge in [0.2, 0.25) is 0 Å². The number of halogens is 2. The molecule has 0 radical (unpaired) electrons. The van der Waals surface area contributed by atoms with Crippen molar-refractivity contribution >= 4 is 34.8 Å². The summed E-state index contributed by atoms with van der Waals surface area (Å²) in [5, 5.41) is 7.24. The first kappa shape index (κ1) is 19.3. The van der Waals surface area contributed by atoms with E-state index >= 15 is 0 Å². The highest BCUT2D eigenvalue weighted by atomic mass is 35.5. The molecule has 0 aliphatic heterocycles. The molecule has 1 aromatic heterocycles. The van der Waals surface area contributed by atoms with Crippen molar-refractivity contribution in [1.82, 2.24) is 5.16 Å². The fourth-order valence-corrected chi connectivity index (χ4v) is 3.19. The van der Waals surface area contributed by atoms with E-state index in [0.717, 1.165) is 16.9 Å². The Kier molecular flexibility index (Phi) is 5.73. The number of carbonyl (C=O) groups is 1. The second-order valence-electron chi connectivity index (χ2n) is 6.13. The topological polar surface area (TPSA) is 64.4 Å². The van der Waals surface area contributed by atoms with Crippen molar-refractivity contribution in [2.24, 2.45) is 0 Å². The van der Waals surface area contributed by atoms with Gasteiger partial charge in [0.15, 0.2) is 5.69 Å². The fraction of sp³-hybridized carbons (Fsp3) is 0.200. The van der Waals surface area contributed by atoms with E-state index < -0.39 is 5.91 Å². The Morgan fingerprint density at radius 3 is 2.30 bits per heavy atom. The van der Waals surface area contributed by atoms with E-state index in [-0.39, 0.29) is 12.3 Å². The Labute approximate surface area is 167 Å². The Morgan fingerprint density at radius 2 is 1.67 bits per heavy atom. The molecule has 0 spiro atoms. The number of ether oxygens (including phenoxy) is 1. The third-order valence-corrected chi connectivity index (χ3v) is 4.80. The predicted octanol–water partition coefficient (Wildman–Crippen LogP) is 5.74. The van der Waals surface area contributed by atoms with E-state index in [2.05, 4.69) is 10.5 Å². The van der Waals surface area contributed by atoms with E-state index in [1.54, 1.807) is 25.1 Å². The highest BCUT2D eigenvalue weighted by Crippen LogP contribution is 2.31. The normalized spacial score (nSPS) is 10.7. The van der Waals surface area contributed by atoms with Crippen LogP contribution in [0.15, 0.2) is 40.9 Å². The molecule has 0 unspecified atom stereocenters. The van der Waals surface area contributed by atoms with Gasteiger partial charge >= 0.3 is 0 Å². The Hall–Kier alpha value is -2.50. The lowest BCUT2D eigenvalue weighted by Gasteiger charge is -2.12. The number of nitrogens with zero attached hydrogens (tertiary/aromatic N) is 1. The van der Waals surface area contributed by atoms with Crippen LogP contribution in [0.1, 0.15) is 32.9 Å². The highest BCUT2D eigenvalue weighted by molar-refractivity contribution is 6.40. The number of aryl methyl sites for hydroxylation is 3. The Bertz CT molecular complexity index is 958. The molecular weight excluding hydrogens is 387 g/mol. The summed E-state index contributed by atoms with van der Waals surface area (Å²) >= 11 is 12.2. The molecule has 1 N–H and O–H groups in total. The molecule has 140 valence electrons. The van der Waals surface area contributed by atoms with Gasteiger partial charge in [-0.05, 0) is 44.0 Å². The molecule has 1 heterocycles. The van der Waals surface area contributed by atoms with E-state index in [1.165, 1.54) is 0 Å². The quantitative estimate of drug-likeness (QED) is 0.588. The van der Waals surface area contributed by atoms with Crippen LogP contribution < -0.4 is 10.1 Å². The van der Waals surface area contributed by atoms with Crippen molar-refractivity contribution in [1.29, 1.82) is 0 Å². The molecule has 0 saturated heterocycles. The SMILES string of the molecule is Cc1cccc(C)c1OCc1c(C(=O)Nc2c(Cl)cccc2Cl)noc1C. The van der Waals surface area contributed by atoms with E-state index in [9.17, 15) is 4.79 Å². The monoisotopic (exact) mass is 404 g/mol. The van der Waals surface area contributed by atoms with Crippen LogP contribution in [-0.4, -0.2) is 11.1 Å². The number of rotatable bonds is 5. The summed E-state index contributed by atoms with van der Waals surface area (Å²) in [5.41, 5.74) is 3.05. The number of para-hydroxylation sites is 2. The van der Waals surface area contributed by atoms with Gasteiger partial charge in [-0.2, -0.15) is 0 Å². The van der Waals surface area contributed by atoms with Gasteiger partial charge < -0.3 is 14.6 Å². The van der Waals surface area contributed by atoms with Crippen LogP contribution in [-0.2, 0) is 6.61 Å². The molecule has 5 nitrogen and oxygen atoms in total. The maximum absolute atomic E-state index is 12.7. The van der Waals surface area contributed by atoms with Gasteiger partial charge in [-0.25, -0.2) is 0 Å². The van der Waals surface area contributed by atoms with Crippen molar-refractivity contribution in [2.45, 2.75) is 27.4 Å². The maximum Gasteiger partial charge on any atom is 0.278 e. The lowest BCUT2D eigenvalue weighted by Crippen LogP contribution is -2.16. The zero-order valence-electron chi connectivity index (χ0n) is 15.1. The summed E-state index contributed by atoms with van der Waals surface area (Å²) in [6, 6.07) is 10.9. The van der Waals surface area contributed by atoms with Crippen LogP contribution in [0.4, 0.5) is 5.69 Å². The zero-order chi connectivity index (χ0) is 19.6. The zero-order valence-corrected chi connectivity index (χ0v) is 16.6. The van der Waals surface area contributed by atoms with Gasteiger partial charge in [0.25, 0.3) is 5.91 Å². The molecule has 0 bridgehead atoms. The van der Waals surface area contributed by atoms with Crippen LogP contribution in [0, 0.1) is 20.8 Å². The first-order valence-electron chi connectivity index (χ1n) is 8.28. The molecule has 3 aromatic rings. The third kappa shape index (κ3) is 4.10. The Morgan fingerprint density at radius 1 is 1.07 bits per heavy atom. The number of amides is 1. The Balaban J connectivity index is 1.83. The summed E-state index contributed by atoms with van der Waals surface area (Å²) in [4.78, 5) is 12.7. The first-order valence-corrected chi connectivity index (χ1v) is 9.03. The van der Waals surface area contributed by atoms with Gasteiger partial charge in [0.05, 0.1) is 21.3 Å². The average Bonchev–Trinajstić information content (AvgIpc) is 2.99. The highest BCUT2D eigenvalue weighted by Gasteiger charge is 2.22. The first-order chi connectivity index (χ1) is 12.9. The van der Waals surface area contributed by atoms with Crippen molar-refractivity contribution < 1.29 is 14.1 Å². The van der Waals surface area contributed by atoms with Crippen LogP contribution in [0.3, 0.4) is 0 Å². The van der Waals surface area contributed by atoms with Crippen LogP contribution in [0.5, 0.6) is 5.75 Å². The summed E-state index contributed by atoms with van der Waals surface area (Å²) in [5.74, 6) is 0.817. The van der Waals surface area contributed by atoms with Gasteiger partial charge in [-0.3, -0.25) is 4.79 Å². The summed E-state index contributed by atoms with van der Waals surface area (Å²) in [7, 11) is 0. The van der Waals surface area contributed by atoms with Crippen LogP contribution in [0.2, 0.25) is 10.0 Å².